The molecule has 0 aliphatic rings. The fourth-order valence-corrected chi connectivity index (χ4v) is 0.946. The second-order valence-electron chi connectivity index (χ2n) is 2.39. The van der Waals surface area contributed by atoms with Crippen molar-refractivity contribution in [2.75, 3.05) is 0 Å². The highest BCUT2D eigenvalue weighted by molar-refractivity contribution is 6.08. The topological polar surface area (TPSA) is 43.1 Å². The minimum absolute atomic E-state index is 0.0618. The predicted molar refractivity (Wildman–Crippen MR) is 45.3 cm³/mol. The zero-order chi connectivity index (χ0) is 9.14. The SMILES string of the molecule is BCc1cc([N+](=O)[O-])ccc1F. The molecule has 0 saturated carbocycles. The maximum absolute atomic E-state index is 12.8. The van der Waals surface area contributed by atoms with E-state index in [4.69, 9.17) is 0 Å². The molecule has 0 aliphatic carbocycles. The Morgan fingerprint density at radius 1 is 1.58 bits per heavy atom. The quantitative estimate of drug-likeness (QED) is 0.372. The minimum Gasteiger partial charge on any atom is -0.258 e. The molecule has 0 spiro atoms. The van der Waals surface area contributed by atoms with Crippen LogP contribution in [0.2, 0.25) is 0 Å². The first-order chi connectivity index (χ1) is 5.65. The average Bonchev–Trinajstić information content (AvgIpc) is 2.05. The van der Waals surface area contributed by atoms with Crippen LogP contribution in [0.5, 0.6) is 0 Å². The number of nitro groups is 1. The summed E-state index contributed by atoms with van der Waals surface area (Å²) < 4.78 is 12.8. The summed E-state index contributed by atoms with van der Waals surface area (Å²) in [6.07, 6.45) is 0.466. The van der Waals surface area contributed by atoms with Crippen molar-refractivity contribution in [2.45, 2.75) is 6.32 Å². The van der Waals surface area contributed by atoms with Crippen LogP contribution in [0.4, 0.5) is 10.1 Å². The molecule has 0 atom stereocenters. The minimum atomic E-state index is -0.529. The molecular weight excluding hydrogens is 160 g/mol. The summed E-state index contributed by atoms with van der Waals surface area (Å²) in [7, 11) is 1.75. The van der Waals surface area contributed by atoms with Gasteiger partial charge in [-0.25, -0.2) is 4.39 Å². The maximum atomic E-state index is 12.8. The molecule has 0 N–H and O–H groups in total. The summed E-state index contributed by atoms with van der Waals surface area (Å²) in [4.78, 5) is 9.73. The van der Waals surface area contributed by atoms with Crippen LogP contribution in [0.3, 0.4) is 0 Å². The standard InChI is InChI=1S/C7H7BFNO2/c8-4-5-3-6(10(11)12)1-2-7(5)9/h1-3H,4,8H2. The van der Waals surface area contributed by atoms with Crippen molar-refractivity contribution in [1.82, 2.24) is 0 Å². The number of hydrogen-bond acceptors (Lipinski definition) is 2. The molecule has 1 aromatic rings. The maximum Gasteiger partial charge on any atom is 0.269 e. The summed E-state index contributed by atoms with van der Waals surface area (Å²) in [5.74, 6) is -0.386. The summed E-state index contributed by atoms with van der Waals surface area (Å²) in [6, 6.07) is 3.54. The van der Waals surface area contributed by atoms with E-state index < -0.39 is 4.92 Å². The van der Waals surface area contributed by atoms with Gasteiger partial charge in [-0.15, -0.1) is 0 Å². The highest BCUT2D eigenvalue weighted by atomic mass is 19.1. The van der Waals surface area contributed by atoms with Gasteiger partial charge in [0.1, 0.15) is 13.7 Å². The second kappa shape index (κ2) is 3.34. The Labute approximate surface area is 69.8 Å². The summed E-state index contributed by atoms with van der Waals surface area (Å²) in [5, 5.41) is 10.3. The zero-order valence-corrected chi connectivity index (χ0v) is 6.58. The van der Waals surface area contributed by atoms with Gasteiger partial charge in [-0.1, -0.05) is 6.32 Å². The summed E-state index contributed by atoms with van der Waals surface area (Å²) in [6.45, 7) is 0. The van der Waals surface area contributed by atoms with Gasteiger partial charge < -0.3 is 0 Å². The van der Waals surface area contributed by atoms with E-state index >= 15 is 0 Å². The van der Waals surface area contributed by atoms with Gasteiger partial charge in [0, 0.05) is 12.1 Å². The highest BCUT2D eigenvalue weighted by Crippen LogP contribution is 2.16. The van der Waals surface area contributed by atoms with Gasteiger partial charge in [0.15, 0.2) is 0 Å². The summed E-state index contributed by atoms with van der Waals surface area (Å²) >= 11 is 0. The molecule has 0 fully saturated rings. The number of rotatable bonds is 2. The molecule has 0 bridgehead atoms. The zero-order valence-electron chi connectivity index (χ0n) is 6.58. The fraction of sp³-hybridized carbons (Fsp3) is 0.143. The number of benzene rings is 1. The Morgan fingerprint density at radius 2 is 2.25 bits per heavy atom. The molecule has 0 heterocycles. The van der Waals surface area contributed by atoms with E-state index in [1.807, 2.05) is 0 Å². The Balaban J connectivity index is 3.13. The van der Waals surface area contributed by atoms with E-state index in [1.54, 1.807) is 7.85 Å². The van der Waals surface area contributed by atoms with Gasteiger partial charge in [-0.05, 0) is 11.6 Å². The molecule has 3 nitrogen and oxygen atoms in total. The number of halogens is 1. The monoisotopic (exact) mass is 167 g/mol. The van der Waals surface area contributed by atoms with Crippen LogP contribution in [0, 0.1) is 15.9 Å². The van der Waals surface area contributed by atoms with Crippen LogP contribution in [-0.2, 0) is 6.32 Å². The van der Waals surface area contributed by atoms with E-state index in [2.05, 4.69) is 0 Å². The third-order valence-corrected chi connectivity index (χ3v) is 1.62. The molecule has 12 heavy (non-hydrogen) atoms. The molecule has 0 radical (unpaired) electrons. The van der Waals surface area contributed by atoms with Crippen LogP contribution in [0.15, 0.2) is 18.2 Å². The Kier molecular flexibility index (Phi) is 2.42. The van der Waals surface area contributed by atoms with Crippen LogP contribution >= 0.6 is 0 Å². The number of hydrogen-bond donors (Lipinski definition) is 0. The van der Waals surface area contributed by atoms with Gasteiger partial charge in [0.2, 0.25) is 0 Å². The van der Waals surface area contributed by atoms with Crippen LogP contribution in [-0.4, -0.2) is 12.8 Å². The van der Waals surface area contributed by atoms with Crippen LogP contribution in [0.25, 0.3) is 0 Å². The largest absolute Gasteiger partial charge is 0.269 e. The molecule has 0 aromatic heterocycles. The van der Waals surface area contributed by atoms with Crippen molar-refractivity contribution in [1.29, 1.82) is 0 Å². The predicted octanol–water partition coefficient (Wildman–Crippen LogP) is 0.867. The van der Waals surface area contributed by atoms with Crippen molar-refractivity contribution in [2.24, 2.45) is 0 Å². The molecule has 1 rings (SSSR count). The van der Waals surface area contributed by atoms with Crippen molar-refractivity contribution >= 4 is 13.5 Å². The molecular formula is C7H7BFNO2. The third-order valence-electron chi connectivity index (χ3n) is 1.62. The van der Waals surface area contributed by atoms with E-state index in [0.29, 0.717) is 11.9 Å². The lowest BCUT2D eigenvalue weighted by molar-refractivity contribution is -0.385. The van der Waals surface area contributed by atoms with Crippen LogP contribution < -0.4 is 0 Å². The number of nitro benzene ring substituents is 1. The van der Waals surface area contributed by atoms with Gasteiger partial charge in [0.25, 0.3) is 5.69 Å². The van der Waals surface area contributed by atoms with Gasteiger partial charge in [-0.2, -0.15) is 0 Å². The Morgan fingerprint density at radius 3 is 2.75 bits per heavy atom. The average molecular weight is 167 g/mol. The van der Waals surface area contributed by atoms with Gasteiger partial charge in [-0.3, -0.25) is 10.1 Å². The fourth-order valence-electron chi connectivity index (χ4n) is 0.946. The molecule has 5 heteroatoms. The van der Waals surface area contributed by atoms with Crippen molar-refractivity contribution in [3.05, 3.63) is 39.7 Å². The van der Waals surface area contributed by atoms with E-state index in [9.17, 15) is 14.5 Å². The first-order valence-electron chi connectivity index (χ1n) is 3.58. The lowest BCUT2D eigenvalue weighted by Crippen LogP contribution is -1.94. The smallest absolute Gasteiger partial charge is 0.258 e. The Hall–Kier alpha value is -1.39. The second-order valence-corrected chi connectivity index (χ2v) is 2.39. The third kappa shape index (κ3) is 1.61. The molecule has 0 aliphatic heterocycles. The van der Waals surface area contributed by atoms with E-state index in [1.165, 1.54) is 6.07 Å². The first kappa shape index (κ1) is 8.71. The lowest BCUT2D eigenvalue weighted by Gasteiger charge is -1.97. The Bertz CT molecular complexity index is 316. The first-order valence-corrected chi connectivity index (χ1v) is 3.58. The molecule has 0 amide bonds. The van der Waals surface area contributed by atoms with Crippen LogP contribution in [0.1, 0.15) is 5.56 Å². The van der Waals surface area contributed by atoms with Crippen molar-refractivity contribution in [3.8, 4) is 0 Å². The normalized spacial score (nSPS) is 9.75. The molecule has 1 aromatic carbocycles. The molecule has 0 saturated heterocycles. The lowest BCUT2D eigenvalue weighted by atomic mass is 9.96. The van der Waals surface area contributed by atoms with E-state index in [-0.39, 0.29) is 11.5 Å². The summed E-state index contributed by atoms with van der Waals surface area (Å²) in [5.41, 5.74) is 0.317. The van der Waals surface area contributed by atoms with Crippen molar-refractivity contribution < 1.29 is 9.31 Å². The molecule has 62 valence electrons. The molecule has 0 unspecified atom stereocenters. The van der Waals surface area contributed by atoms with E-state index in [0.717, 1.165) is 12.1 Å². The van der Waals surface area contributed by atoms with Gasteiger partial charge in [0.05, 0.1) is 4.92 Å². The number of nitrogens with zero attached hydrogens (tertiary/aromatic N) is 1. The van der Waals surface area contributed by atoms with Gasteiger partial charge >= 0.3 is 0 Å². The van der Waals surface area contributed by atoms with Crippen molar-refractivity contribution in [3.63, 3.8) is 0 Å². The number of non-ortho nitro benzene ring substituents is 1. The highest BCUT2D eigenvalue weighted by Gasteiger charge is 2.08.